The number of hydrogen-bond donors (Lipinski definition) is 1. The molecule has 0 radical (unpaired) electrons. The van der Waals surface area contributed by atoms with Crippen LogP contribution in [0.4, 0.5) is 0 Å². The Labute approximate surface area is 74.7 Å². The molecule has 0 aromatic heterocycles. The molecule has 0 fully saturated rings. The molecule has 0 bridgehead atoms. The minimum absolute atomic E-state index is 0.107. The van der Waals surface area contributed by atoms with E-state index in [0.29, 0.717) is 12.6 Å². The van der Waals surface area contributed by atoms with Gasteiger partial charge in [-0.2, -0.15) is 5.26 Å². The van der Waals surface area contributed by atoms with E-state index in [9.17, 15) is 0 Å². The summed E-state index contributed by atoms with van der Waals surface area (Å²) in [5, 5.41) is 12.0. The third-order valence-corrected chi connectivity index (χ3v) is 1.65. The molecule has 0 spiro atoms. The van der Waals surface area contributed by atoms with Gasteiger partial charge in [-0.05, 0) is 13.8 Å². The molecule has 0 amide bonds. The topological polar surface area (TPSA) is 45.0 Å². The molecule has 3 nitrogen and oxygen atoms in total. The molecule has 0 aliphatic carbocycles. The van der Waals surface area contributed by atoms with E-state index in [1.165, 1.54) is 0 Å². The predicted octanol–water partition coefficient (Wildman–Crippen LogP) is 1.16. The molecule has 12 heavy (non-hydrogen) atoms. The van der Waals surface area contributed by atoms with Crippen molar-refractivity contribution in [2.75, 3.05) is 13.7 Å². The zero-order valence-corrected chi connectivity index (χ0v) is 8.29. The van der Waals surface area contributed by atoms with Crippen molar-refractivity contribution >= 4 is 0 Å². The predicted molar refractivity (Wildman–Crippen MR) is 48.7 cm³/mol. The maximum absolute atomic E-state index is 8.80. The molecule has 70 valence electrons. The summed E-state index contributed by atoms with van der Waals surface area (Å²) in [7, 11) is 1.65. The van der Waals surface area contributed by atoms with Crippen molar-refractivity contribution in [3.8, 4) is 6.07 Å². The Morgan fingerprint density at radius 2 is 2.00 bits per heavy atom. The molecule has 2 atom stereocenters. The summed E-state index contributed by atoms with van der Waals surface area (Å²) < 4.78 is 4.98. The summed E-state index contributed by atoms with van der Waals surface area (Å²) in [5.74, 6) is 0.238. The lowest BCUT2D eigenvalue weighted by Crippen LogP contribution is -2.39. The van der Waals surface area contributed by atoms with Crippen LogP contribution in [0.5, 0.6) is 0 Å². The first-order valence-corrected chi connectivity index (χ1v) is 4.26. The number of nitriles is 1. The van der Waals surface area contributed by atoms with Gasteiger partial charge in [0.1, 0.15) is 6.04 Å². The van der Waals surface area contributed by atoms with E-state index in [0.717, 1.165) is 0 Å². The molecule has 0 saturated carbocycles. The van der Waals surface area contributed by atoms with Gasteiger partial charge in [0, 0.05) is 19.1 Å². The number of hydrogen-bond acceptors (Lipinski definition) is 3. The first-order valence-electron chi connectivity index (χ1n) is 4.26. The highest BCUT2D eigenvalue weighted by atomic mass is 16.5. The van der Waals surface area contributed by atoms with Crippen LogP contribution in [0.25, 0.3) is 0 Å². The summed E-state index contributed by atoms with van der Waals surface area (Å²) >= 11 is 0. The van der Waals surface area contributed by atoms with Crippen molar-refractivity contribution in [1.82, 2.24) is 5.32 Å². The van der Waals surface area contributed by atoms with Gasteiger partial charge in [-0.1, -0.05) is 6.92 Å². The minimum atomic E-state index is -0.107. The van der Waals surface area contributed by atoms with Gasteiger partial charge in [-0.25, -0.2) is 0 Å². The van der Waals surface area contributed by atoms with Crippen LogP contribution in [-0.4, -0.2) is 25.8 Å². The summed E-state index contributed by atoms with van der Waals surface area (Å²) in [5.41, 5.74) is 0. The number of rotatable bonds is 5. The average molecular weight is 170 g/mol. The zero-order chi connectivity index (χ0) is 9.56. The molecule has 0 aromatic carbocycles. The molecular weight excluding hydrogens is 152 g/mol. The van der Waals surface area contributed by atoms with Crippen molar-refractivity contribution in [2.24, 2.45) is 5.92 Å². The lowest BCUT2D eigenvalue weighted by molar-refractivity contribution is 0.147. The average Bonchev–Trinajstić information content (AvgIpc) is 2.00. The fourth-order valence-electron chi connectivity index (χ4n) is 1.05. The summed E-state index contributed by atoms with van der Waals surface area (Å²) in [4.78, 5) is 0. The van der Waals surface area contributed by atoms with Crippen molar-refractivity contribution in [1.29, 1.82) is 5.26 Å². The van der Waals surface area contributed by atoms with Crippen LogP contribution in [0.3, 0.4) is 0 Å². The van der Waals surface area contributed by atoms with Crippen molar-refractivity contribution in [3.05, 3.63) is 0 Å². The van der Waals surface area contributed by atoms with E-state index in [1.54, 1.807) is 7.11 Å². The minimum Gasteiger partial charge on any atom is -0.384 e. The van der Waals surface area contributed by atoms with Crippen molar-refractivity contribution in [2.45, 2.75) is 32.9 Å². The molecule has 0 rings (SSSR count). The summed E-state index contributed by atoms with van der Waals surface area (Å²) in [6.07, 6.45) is 0. The van der Waals surface area contributed by atoms with Gasteiger partial charge in [0.05, 0.1) is 12.7 Å². The van der Waals surface area contributed by atoms with Crippen molar-refractivity contribution < 1.29 is 4.74 Å². The highest BCUT2D eigenvalue weighted by Crippen LogP contribution is 2.03. The zero-order valence-electron chi connectivity index (χ0n) is 8.29. The summed E-state index contributed by atoms with van der Waals surface area (Å²) in [6, 6.07) is 2.46. The Morgan fingerprint density at radius 3 is 2.33 bits per heavy atom. The molecule has 3 heteroatoms. The smallest absolute Gasteiger partial charge is 0.100 e. The quantitative estimate of drug-likeness (QED) is 0.673. The normalized spacial score (nSPS) is 15.7. The van der Waals surface area contributed by atoms with Crippen LogP contribution in [0.15, 0.2) is 0 Å². The lowest BCUT2D eigenvalue weighted by Gasteiger charge is -2.20. The fraction of sp³-hybridized carbons (Fsp3) is 0.889. The van der Waals surface area contributed by atoms with E-state index in [4.69, 9.17) is 10.00 Å². The van der Waals surface area contributed by atoms with Gasteiger partial charge in [0.2, 0.25) is 0 Å². The number of nitrogens with one attached hydrogen (secondary N) is 1. The molecule has 0 saturated heterocycles. The Balaban J connectivity index is 3.89. The van der Waals surface area contributed by atoms with Gasteiger partial charge >= 0.3 is 0 Å². The van der Waals surface area contributed by atoms with Crippen LogP contribution >= 0.6 is 0 Å². The Morgan fingerprint density at radius 1 is 1.42 bits per heavy atom. The molecule has 0 aromatic rings. The van der Waals surface area contributed by atoms with E-state index in [2.05, 4.69) is 11.4 Å². The second-order valence-electron chi connectivity index (χ2n) is 3.36. The van der Waals surface area contributed by atoms with E-state index in [-0.39, 0.29) is 12.0 Å². The van der Waals surface area contributed by atoms with Gasteiger partial charge in [-0.3, -0.25) is 5.32 Å². The first kappa shape index (κ1) is 11.4. The lowest BCUT2D eigenvalue weighted by atomic mass is 10.0. The number of ether oxygens (including phenoxy) is 1. The fourth-order valence-corrected chi connectivity index (χ4v) is 1.05. The van der Waals surface area contributed by atoms with Gasteiger partial charge in [0.15, 0.2) is 0 Å². The van der Waals surface area contributed by atoms with Gasteiger partial charge in [0.25, 0.3) is 0 Å². The third kappa shape index (κ3) is 4.32. The number of methoxy groups -OCH3 is 1. The van der Waals surface area contributed by atoms with E-state index < -0.39 is 0 Å². The van der Waals surface area contributed by atoms with Crippen LogP contribution < -0.4 is 5.32 Å². The van der Waals surface area contributed by atoms with Gasteiger partial charge in [-0.15, -0.1) is 0 Å². The monoisotopic (exact) mass is 170 g/mol. The van der Waals surface area contributed by atoms with E-state index >= 15 is 0 Å². The van der Waals surface area contributed by atoms with Crippen LogP contribution in [0.2, 0.25) is 0 Å². The largest absolute Gasteiger partial charge is 0.384 e. The standard InChI is InChI=1S/C9H18N2O/c1-7(2)11-9(5-10)8(3)6-12-4/h7-9,11H,6H2,1-4H3. The van der Waals surface area contributed by atoms with Crippen LogP contribution in [-0.2, 0) is 4.74 Å². The first-order chi connectivity index (χ1) is 5.61. The highest BCUT2D eigenvalue weighted by Gasteiger charge is 2.16. The molecule has 2 unspecified atom stereocenters. The van der Waals surface area contributed by atoms with Crippen LogP contribution in [0.1, 0.15) is 20.8 Å². The van der Waals surface area contributed by atoms with Crippen LogP contribution in [0, 0.1) is 17.2 Å². The maximum atomic E-state index is 8.80. The molecule has 0 aliphatic heterocycles. The molecule has 0 heterocycles. The molecule has 1 N–H and O–H groups in total. The second kappa shape index (κ2) is 5.99. The number of nitrogens with zero attached hydrogens (tertiary/aromatic N) is 1. The Bertz CT molecular complexity index is 151. The SMILES string of the molecule is COCC(C)C(C#N)NC(C)C. The summed E-state index contributed by atoms with van der Waals surface area (Å²) in [6.45, 7) is 6.69. The second-order valence-corrected chi connectivity index (χ2v) is 3.36. The highest BCUT2D eigenvalue weighted by molar-refractivity contribution is 4.94. The van der Waals surface area contributed by atoms with Gasteiger partial charge < -0.3 is 4.74 Å². The Hall–Kier alpha value is -0.590. The maximum Gasteiger partial charge on any atom is 0.100 e. The molecular formula is C9H18N2O. The molecule has 0 aliphatic rings. The Kier molecular flexibility index (Phi) is 5.69. The van der Waals surface area contributed by atoms with Crippen molar-refractivity contribution in [3.63, 3.8) is 0 Å². The third-order valence-electron chi connectivity index (χ3n) is 1.65. The van der Waals surface area contributed by atoms with E-state index in [1.807, 2.05) is 20.8 Å².